The number of hydrogen-bond acceptors (Lipinski definition) is 4. The average molecular weight is 346 g/mol. The first-order valence-electron chi connectivity index (χ1n) is 9.21. The van der Waals surface area contributed by atoms with Crippen molar-refractivity contribution < 1.29 is 14.3 Å². The lowest BCUT2D eigenvalue weighted by atomic mass is 9.88. The van der Waals surface area contributed by atoms with Crippen LogP contribution in [0.15, 0.2) is 18.2 Å². The fourth-order valence-corrected chi connectivity index (χ4v) is 3.87. The molecule has 138 valence electrons. The maximum absolute atomic E-state index is 12.6. The predicted octanol–water partition coefficient (Wildman–Crippen LogP) is 3.15. The first-order valence-corrected chi connectivity index (χ1v) is 9.21. The summed E-state index contributed by atoms with van der Waals surface area (Å²) in [5, 5.41) is 3.25. The molecule has 5 nitrogen and oxygen atoms in total. The second kappa shape index (κ2) is 7.24. The van der Waals surface area contributed by atoms with Crippen molar-refractivity contribution >= 4 is 5.91 Å². The number of benzene rings is 1. The van der Waals surface area contributed by atoms with E-state index in [1.54, 1.807) is 7.11 Å². The van der Waals surface area contributed by atoms with Gasteiger partial charge in [-0.3, -0.25) is 4.79 Å². The van der Waals surface area contributed by atoms with E-state index in [9.17, 15) is 4.79 Å². The van der Waals surface area contributed by atoms with Crippen LogP contribution in [-0.2, 0) is 4.79 Å². The number of piperidine rings is 1. The molecule has 1 saturated heterocycles. The van der Waals surface area contributed by atoms with Gasteiger partial charge in [-0.2, -0.15) is 0 Å². The van der Waals surface area contributed by atoms with Crippen molar-refractivity contribution in [2.24, 2.45) is 5.92 Å². The highest BCUT2D eigenvalue weighted by molar-refractivity contribution is 5.77. The molecule has 1 amide bonds. The molecule has 1 fully saturated rings. The molecule has 0 bridgehead atoms. The van der Waals surface area contributed by atoms with E-state index in [0.717, 1.165) is 49.4 Å². The maximum Gasteiger partial charge on any atom is 0.220 e. The summed E-state index contributed by atoms with van der Waals surface area (Å²) in [6, 6.07) is 5.78. The molecule has 2 aliphatic heterocycles. The van der Waals surface area contributed by atoms with Crippen LogP contribution in [0.1, 0.15) is 51.1 Å². The number of carbonyl (C=O) groups is 1. The molecule has 0 aliphatic carbocycles. The molecule has 1 atom stereocenters. The van der Waals surface area contributed by atoms with E-state index in [1.165, 1.54) is 0 Å². The van der Waals surface area contributed by atoms with Crippen molar-refractivity contribution in [1.82, 2.24) is 10.2 Å². The zero-order chi connectivity index (χ0) is 18.0. The highest BCUT2D eigenvalue weighted by atomic mass is 16.5. The Hall–Kier alpha value is -1.75. The van der Waals surface area contributed by atoms with Crippen LogP contribution in [-0.4, -0.2) is 43.7 Å². The van der Waals surface area contributed by atoms with E-state index in [4.69, 9.17) is 9.47 Å². The number of ether oxygens (including phenoxy) is 2. The highest BCUT2D eigenvalue weighted by Crippen LogP contribution is 2.41. The quantitative estimate of drug-likeness (QED) is 0.910. The van der Waals surface area contributed by atoms with Crippen molar-refractivity contribution in [3.8, 4) is 11.5 Å². The molecule has 1 unspecified atom stereocenters. The van der Waals surface area contributed by atoms with Gasteiger partial charge in [0.25, 0.3) is 0 Å². The van der Waals surface area contributed by atoms with Gasteiger partial charge in [0.15, 0.2) is 0 Å². The van der Waals surface area contributed by atoms with Gasteiger partial charge in [0.2, 0.25) is 5.91 Å². The molecular formula is C20H30N2O3. The van der Waals surface area contributed by atoms with Crippen LogP contribution in [0.25, 0.3) is 0 Å². The number of nitrogens with one attached hydrogen (secondary N) is 1. The topological polar surface area (TPSA) is 50.8 Å². The Morgan fingerprint density at radius 3 is 2.76 bits per heavy atom. The van der Waals surface area contributed by atoms with Gasteiger partial charge in [-0.1, -0.05) is 0 Å². The van der Waals surface area contributed by atoms with Crippen LogP contribution in [0.5, 0.6) is 11.5 Å². The van der Waals surface area contributed by atoms with Crippen molar-refractivity contribution in [1.29, 1.82) is 0 Å². The Bertz CT molecular complexity index is 621. The Labute approximate surface area is 150 Å². The van der Waals surface area contributed by atoms with Gasteiger partial charge in [0.05, 0.1) is 13.2 Å². The number of fused-ring (bicyclic) bond motifs is 1. The van der Waals surface area contributed by atoms with Gasteiger partial charge < -0.3 is 19.7 Å². The Morgan fingerprint density at radius 1 is 1.36 bits per heavy atom. The summed E-state index contributed by atoms with van der Waals surface area (Å²) in [6.07, 6.45) is 3.58. The first kappa shape index (κ1) is 18.1. The van der Waals surface area contributed by atoms with Crippen LogP contribution in [0.3, 0.4) is 0 Å². The van der Waals surface area contributed by atoms with E-state index < -0.39 is 0 Å². The summed E-state index contributed by atoms with van der Waals surface area (Å²) < 4.78 is 11.4. The number of methoxy groups -OCH3 is 1. The first-order chi connectivity index (χ1) is 11.9. The minimum atomic E-state index is -0.299. The van der Waals surface area contributed by atoms with Crippen LogP contribution >= 0.6 is 0 Å². The van der Waals surface area contributed by atoms with Crippen molar-refractivity contribution in [3.05, 3.63) is 23.8 Å². The molecule has 0 spiro atoms. The maximum atomic E-state index is 12.6. The monoisotopic (exact) mass is 346 g/mol. The molecule has 0 aromatic heterocycles. The third-order valence-electron chi connectivity index (χ3n) is 5.32. The van der Waals surface area contributed by atoms with Crippen LogP contribution in [0.4, 0.5) is 0 Å². The van der Waals surface area contributed by atoms with Crippen LogP contribution < -0.4 is 14.8 Å². The van der Waals surface area contributed by atoms with Gasteiger partial charge in [-0.25, -0.2) is 0 Å². The molecule has 0 radical (unpaired) electrons. The minimum absolute atomic E-state index is 0.0346. The number of hydrogen-bond donors (Lipinski definition) is 1. The van der Waals surface area contributed by atoms with Crippen molar-refractivity contribution in [2.45, 2.75) is 51.2 Å². The lowest BCUT2D eigenvalue weighted by molar-refractivity contribution is -0.123. The van der Waals surface area contributed by atoms with E-state index in [0.29, 0.717) is 12.3 Å². The molecule has 2 aliphatic rings. The third kappa shape index (κ3) is 4.46. The number of rotatable bonds is 4. The van der Waals surface area contributed by atoms with Crippen molar-refractivity contribution in [2.75, 3.05) is 27.2 Å². The summed E-state index contributed by atoms with van der Waals surface area (Å²) in [5.41, 5.74) is 0.711. The molecule has 1 N–H and O–H groups in total. The molecule has 0 saturated carbocycles. The van der Waals surface area contributed by atoms with Gasteiger partial charge in [0.1, 0.15) is 17.1 Å². The second-order valence-corrected chi connectivity index (χ2v) is 8.04. The smallest absolute Gasteiger partial charge is 0.220 e. The lowest BCUT2D eigenvalue weighted by Crippen LogP contribution is -2.42. The summed E-state index contributed by atoms with van der Waals surface area (Å²) >= 11 is 0. The predicted molar refractivity (Wildman–Crippen MR) is 98.0 cm³/mol. The molecule has 2 heterocycles. The summed E-state index contributed by atoms with van der Waals surface area (Å²) in [7, 11) is 3.80. The second-order valence-electron chi connectivity index (χ2n) is 8.04. The molecule has 3 rings (SSSR count). The Balaban J connectivity index is 1.69. The summed E-state index contributed by atoms with van der Waals surface area (Å²) in [5.74, 6) is 2.26. The average Bonchev–Trinajstić information content (AvgIpc) is 2.55. The van der Waals surface area contributed by atoms with Crippen molar-refractivity contribution in [3.63, 3.8) is 0 Å². The molecular weight excluding hydrogens is 316 g/mol. The number of carbonyl (C=O) groups excluding carboxylic acids is 1. The van der Waals surface area contributed by atoms with Crippen LogP contribution in [0.2, 0.25) is 0 Å². The zero-order valence-corrected chi connectivity index (χ0v) is 15.8. The van der Waals surface area contributed by atoms with Crippen LogP contribution in [0, 0.1) is 5.92 Å². The highest BCUT2D eigenvalue weighted by Gasteiger charge is 2.35. The van der Waals surface area contributed by atoms with E-state index >= 15 is 0 Å². The fourth-order valence-electron chi connectivity index (χ4n) is 3.87. The largest absolute Gasteiger partial charge is 0.497 e. The SMILES string of the molecule is COc1ccc2c(c1)C(NC(=O)CC1CCN(C)CC1)CC(C)(C)O2. The minimum Gasteiger partial charge on any atom is -0.497 e. The molecule has 5 heteroatoms. The third-order valence-corrected chi connectivity index (χ3v) is 5.32. The van der Waals surface area contributed by atoms with E-state index in [2.05, 4.69) is 31.1 Å². The molecule has 1 aromatic carbocycles. The Kier molecular flexibility index (Phi) is 5.23. The van der Waals surface area contributed by atoms with Gasteiger partial charge >= 0.3 is 0 Å². The zero-order valence-electron chi connectivity index (χ0n) is 15.8. The number of nitrogens with zero attached hydrogens (tertiary/aromatic N) is 1. The molecule has 1 aromatic rings. The number of amides is 1. The standard InChI is InChI=1S/C20H30N2O3/c1-20(2)13-17(16-12-15(24-4)5-6-18(16)25-20)21-19(23)11-14-7-9-22(3)10-8-14/h5-6,12,14,17H,7-11,13H2,1-4H3,(H,21,23). The summed E-state index contributed by atoms with van der Waals surface area (Å²) in [6.45, 7) is 6.30. The van der Waals surface area contributed by atoms with Gasteiger partial charge in [0, 0.05) is 18.4 Å². The lowest BCUT2D eigenvalue weighted by Gasteiger charge is -2.38. The van der Waals surface area contributed by atoms with Gasteiger partial charge in [-0.05, 0) is 70.9 Å². The number of likely N-dealkylation sites (tertiary alicyclic amines) is 1. The van der Waals surface area contributed by atoms with E-state index in [1.807, 2.05) is 18.2 Å². The fraction of sp³-hybridized carbons (Fsp3) is 0.650. The molecule has 25 heavy (non-hydrogen) atoms. The normalized spacial score (nSPS) is 23.4. The van der Waals surface area contributed by atoms with Gasteiger partial charge in [-0.15, -0.1) is 0 Å². The summed E-state index contributed by atoms with van der Waals surface area (Å²) in [4.78, 5) is 15.0. The van der Waals surface area contributed by atoms with E-state index in [-0.39, 0.29) is 17.6 Å². The Morgan fingerprint density at radius 2 is 2.08 bits per heavy atom.